The molecule has 1 aromatic rings. The van der Waals surface area contributed by atoms with Gasteiger partial charge in [-0.1, -0.05) is 24.3 Å². The fraction of sp³-hybridized carbons (Fsp3) is 0.571. The molecule has 0 unspecified atom stereocenters. The average Bonchev–Trinajstić information content (AvgIpc) is 2.91. The molecular weight excluding hydrogens is 316 g/mol. The molecule has 25 heavy (non-hydrogen) atoms. The maximum absolute atomic E-state index is 12.5. The Balaban J connectivity index is 2.13. The van der Waals surface area contributed by atoms with Crippen LogP contribution in [0.3, 0.4) is 0 Å². The highest BCUT2D eigenvalue weighted by Gasteiger charge is 2.43. The molecule has 1 aliphatic carbocycles. The zero-order chi connectivity index (χ0) is 18.1. The number of ketones is 1. The van der Waals surface area contributed by atoms with Crippen LogP contribution in [0.5, 0.6) is 0 Å². The van der Waals surface area contributed by atoms with E-state index in [1.807, 2.05) is 18.2 Å². The summed E-state index contributed by atoms with van der Waals surface area (Å²) >= 11 is 0. The van der Waals surface area contributed by atoms with Gasteiger partial charge in [0.05, 0.1) is 11.5 Å². The van der Waals surface area contributed by atoms with Crippen LogP contribution in [-0.4, -0.2) is 43.9 Å². The number of hydrogen-bond acceptors (Lipinski definition) is 4. The minimum atomic E-state index is -1.09. The predicted octanol–water partition coefficient (Wildman–Crippen LogP) is 3.43. The SMILES string of the molecule is COCCCCc1ccccc1[C@H]1C(=O)C=C[C@]1(O)CCCCOC. The van der Waals surface area contributed by atoms with Crippen molar-refractivity contribution in [2.24, 2.45) is 0 Å². The monoisotopic (exact) mass is 346 g/mol. The fourth-order valence-electron chi connectivity index (χ4n) is 3.58. The van der Waals surface area contributed by atoms with Crippen molar-refractivity contribution in [3.05, 3.63) is 47.5 Å². The Morgan fingerprint density at radius 3 is 2.44 bits per heavy atom. The van der Waals surface area contributed by atoms with Gasteiger partial charge in [0.15, 0.2) is 5.78 Å². The van der Waals surface area contributed by atoms with Gasteiger partial charge in [-0.05, 0) is 61.8 Å². The number of ether oxygens (including phenoxy) is 2. The number of hydrogen-bond donors (Lipinski definition) is 1. The molecule has 0 saturated carbocycles. The van der Waals surface area contributed by atoms with Crippen LogP contribution in [-0.2, 0) is 20.7 Å². The Morgan fingerprint density at radius 2 is 1.72 bits per heavy atom. The summed E-state index contributed by atoms with van der Waals surface area (Å²) < 4.78 is 10.2. The molecule has 138 valence electrons. The molecule has 4 heteroatoms. The van der Waals surface area contributed by atoms with E-state index >= 15 is 0 Å². The minimum absolute atomic E-state index is 0.00131. The van der Waals surface area contributed by atoms with Crippen LogP contribution < -0.4 is 0 Å². The molecule has 0 spiro atoms. The molecule has 0 fully saturated rings. The molecule has 2 rings (SSSR count). The van der Waals surface area contributed by atoms with Crippen LogP contribution >= 0.6 is 0 Å². The first-order valence-corrected chi connectivity index (χ1v) is 9.13. The number of allylic oxidation sites excluding steroid dienone is 1. The van der Waals surface area contributed by atoms with Crippen LogP contribution in [0.2, 0.25) is 0 Å². The maximum Gasteiger partial charge on any atom is 0.166 e. The number of rotatable bonds is 11. The lowest BCUT2D eigenvalue weighted by molar-refractivity contribution is -0.118. The second-order valence-electron chi connectivity index (χ2n) is 6.76. The summed E-state index contributed by atoms with van der Waals surface area (Å²) in [6.45, 7) is 1.42. The molecule has 0 amide bonds. The van der Waals surface area contributed by atoms with Gasteiger partial charge in [0.1, 0.15) is 0 Å². The van der Waals surface area contributed by atoms with Crippen molar-refractivity contribution in [3.63, 3.8) is 0 Å². The number of carbonyl (C=O) groups is 1. The van der Waals surface area contributed by atoms with Gasteiger partial charge in [-0.2, -0.15) is 0 Å². The molecule has 0 aliphatic heterocycles. The van der Waals surface area contributed by atoms with Gasteiger partial charge < -0.3 is 14.6 Å². The van der Waals surface area contributed by atoms with Crippen LogP contribution in [0.1, 0.15) is 49.1 Å². The largest absolute Gasteiger partial charge is 0.385 e. The standard InChI is InChI=1S/C21H30O4/c1-24-15-7-5-10-17-9-3-4-11-18(17)20-19(22)12-14-21(20,23)13-6-8-16-25-2/h3-4,9,11-12,14,20,23H,5-8,10,13,15-16H2,1-2H3/t20-,21+/m0/s1. The first kappa shape index (κ1) is 19.8. The van der Waals surface area contributed by atoms with E-state index in [2.05, 4.69) is 6.07 Å². The number of unbranched alkanes of at least 4 members (excludes halogenated alkanes) is 2. The van der Waals surface area contributed by atoms with Crippen molar-refractivity contribution in [2.45, 2.75) is 50.0 Å². The Hall–Kier alpha value is -1.49. The van der Waals surface area contributed by atoms with E-state index in [9.17, 15) is 9.90 Å². The molecule has 1 aromatic carbocycles. The van der Waals surface area contributed by atoms with E-state index < -0.39 is 11.5 Å². The lowest BCUT2D eigenvalue weighted by Crippen LogP contribution is -2.34. The van der Waals surface area contributed by atoms with Crippen molar-refractivity contribution in [1.29, 1.82) is 0 Å². The van der Waals surface area contributed by atoms with Crippen molar-refractivity contribution < 1.29 is 19.4 Å². The summed E-state index contributed by atoms with van der Waals surface area (Å²) in [4.78, 5) is 12.5. The normalized spacial score (nSPS) is 22.7. The third kappa shape index (κ3) is 5.24. The summed E-state index contributed by atoms with van der Waals surface area (Å²) in [5.41, 5.74) is 1.02. The van der Waals surface area contributed by atoms with Crippen LogP contribution in [0, 0.1) is 0 Å². The minimum Gasteiger partial charge on any atom is -0.385 e. The van der Waals surface area contributed by atoms with Crippen molar-refractivity contribution >= 4 is 5.78 Å². The van der Waals surface area contributed by atoms with Gasteiger partial charge in [-0.3, -0.25) is 4.79 Å². The lowest BCUT2D eigenvalue weighted by atomic mass is 9.78. The molecule has 2 atom stereocenters. The van der Waals surface area contributed by atoms with Gasteiger partial charge in [-0.25, -0.2) is 0 Å². The first-order valence-electron chi connectivity index (χ1n) is 9.13. The second-order valence-corrected chi connectivity index (χ2v) is 6.76. The summed E-state index contributed by atoms with van der Waals surface area (Å²) in [5.74, 6) is -0.493. The van der Waals surface area contributed by atoms with E-state index in [0.717, 1.165) is 49.8 Å². The second kappa shape index (κ2) is 9.85. The molecule has 0 saturated heterocycles. The zero-order valence-corrected chi connectivity index (χ0v) is 15.4. The molecule has 0 bridgehead atoms. The van der Waals surface area contributed by atoms with Crippen molar-refractivity contribution in [2.75, 3.05) is 27.4 Å². The third-order valence-electron chi connectivity index (χ3n) is 4.91. The number of aliphatic hydroxyl groups is 1. The molecule has 0 heterocycles. The van der Waals surface area contributed by atoms with Gasteiger partial charge in [0, 0.05) is 27.4 Å². The first-order chi connectivity index (χ1) is 12.1. The quantitative estimate of drug-likeness (QED) is 0.624. The van der Waals surface area contributed by atoms with E-state index in [-0.39, 0.29) is 5.78 Å². The van der Waals surface area contributed by atoms with Crippen LogP contribution in [0.15, 0.2) is 36.4 Å². The maximum atomic E-state index is 12.5. The van der Waals surface area contributed by atoms with Crippen molar-refractivity contribution in [1.82, 2.24) is 0 Å². The van der Waals surface area contributed by atoms with Gasteiger partial charge in [-0.15, -0.1) is 0 Å². The highest BCUT2D eigenvalue weighted by Crippen LogP contribution is 2.40. The summed E-state index contributed by atoms with van der Waals surface area (Å²) in [5, 5.41) is 11.1. The fourth-order valence-corrected chi connectivity index (χ4v) is 3.58. The zero-order valence-electron chi connectivity index (χ0n) is 15.4. The number of benzene rings is 1. The summed E-state index contributed by atoms with van der Waals surface area (Å²) in [7, 11) is 3.39. The Morgan fingerprint density at radius 1 is 1.04 bits per heavy atom. The number of aryl methyl sites for hydroxylation is 1. The number of methoxy groups -OCH3 is 2. The smallest absolute Gasteiger partial charge is 0.166 e. The molecule has 1 N–H and O–H groups in total. The van der Waals surface area contributed by atoms with Crippen molar-refractivity contribution in [3.8, 4) is 0 Å². The highest BCUT2D eigenvalue weighted by molar-refractivity contribution is 6.00. The Bertz CT molecular complexity index is 581. The van der Waals surface area contributed by atoms with E-state index in [1.165, 1.54) is 0 Å². The van der Waals surface area contributed by atoms with Crippen LogP contribution in [0.25, 0.3) is 0 Å². The van der Waals surface area contributed by atoms with E-state index in [0.29, 0.717) is 13.0 Å². The van der Waals surface area contributed by atoms with E-state index in [4.69, 9.17) is 9.47 Å². The summed E-state index contributed by atoms with van der Waals surface area (Å²) in [6, 6.07) is 8.00. The topological polar surface area (TPSA) is 55.8 Å². The van der Waals surface area contributed by atoms with Gasteiger partial charge >= 0.3 is 0 Å². The Kier molecular flexibility index (Phi) is 7.82. The lowest BCUT2D eigenvalue weighted by Gasteiger charge is -2.30. The summed E-state index contributed by atoms with van der Waals surface area (Å²) in [6.07, 6.45) is 8.40. The third-order valence-corrected chi connectivity index (χ3v) is 4.91. The molecule has 0 aromatic heterocycles. The highest BCUT2D eigenvalue weighted by atomic mass is 16.5. The molecule has 4 nitrogen and oxygen atoms in total. The number of carbonyl (C=O) groups excluding carboxylic acids is 1. The van der Waals surface area contributed by atoms with E-state index in [1.54, 1.807) is 26.4 Å². The molecular formula is C21H30O4. The van der Waals surface area contributed by atoms with Crippen LogP contribution in [0.4, 0.5) is 0 Å². The average molecular weight is 346 g/mol. The predicted molar refractivity (Wildman–Crippen MR) is 98.8 cm³/mol. The van der Waals surface area contributed by atoms with Gasteiger partial charge in [0.25, 0.3) is 0 Å². The molecule has 0 radical (unpaired) electrons. The Labute approximate surface area is 150 Å². The molecule has 1 aliphatic rings. The van der Waals surface area contributed by atoms with Gasteiger partial charge in [0.2, 0.25) is 0 Å².